The van der Waals surface area contributed by atoms with Gasteiger partial charge in [0.1, 0.15) is 15.7 Å². The van der Waals surface area contributed by atoms with Crippen LogP contribution in [0.4, 0.5) is 4.39 Å². The number of sulfonamides is 1. The van der Waals surface area contributed by atoms with Crippen LogP contribution in [0.1, 0.15) is 10.6 Å². The van der Waals surface area contributed by atoms with Gasteiger partial charge in [0, 0.05) is 17.0 Å². The third-order valence-electron chi connectivity index (χ3n) is 3.73. The number of rotatable bonds is 6. The van der Waals surface area contributed by atoms with Gasteiger partial charge in [-0.1, -0.05) is 35.9 Å². The SMILES string of the molecule is Cc1nc(-c2cccc(F)c2)sc1CCNS(=O)(=O)c1ccccc1Cl. The Morgan fingerprint density at radius 1 is 1.19 bits per heavy atom. The number of aryl methyl sites for hydroxylation is 1. The Labute approximate surface area is 160 Å². The molecule has 0 atom stereocenters. The van der Waals surface area contributed by atoms with Crippen molar-refractivity contribution in [1.29, 1.82) is 0 Å². The van der Waals surface area contributed by atoms with Crippen LogP contribution in [0.15, 0.2) is 53.4 Å². The van der Waals surface area contributed by atoms with Crippen LogP contribution in [0.5, 0.6) is 0 Å². The number of benzene rings is 2. The van der Waals surface area contributed by atoms with Crippen LogP contribution in [-0.2, 0) is 16.4 Å². The standard InChI is InChI=1S/C18H16ClFN2O2S2/c1-12-16(25-18(22-12)13-5-4-6-14(20)11-13)9-10-21-26(23,24)17-8-3-2-7-15(17)19/h2-8,11,21H,9-10H2,1H3. The topological polar surface area (TPSA) is 59.1 Å². The number of thiazole rings is 1. The van der Waals surface area contributed by atoms with E-state index >= 15 is 0 Å². The summed E-state index contributed by atoms with van der Waals surface area (Å²) in [5.74, 6) is -0.315. The van der Waals surface area contributed by atoms with Crippen molar-refractivity contribution in [2.75, 3.05) is 6.54 Å². The molecule has 0 saturated heterocycles. The first-order valence-electron chi connectivity index (χ1n) is 7.83. The molecule has 0 bridgehead atoms. The molecule has 1 N–H and O–H groups in total. The summed E-state index contributed by atoms with van der Waals surface area (Å²) in [7, 11) is -3.67. The van der Waals surface area contributed by atoms with Gasteiger partial charge in [-0.3, -0.25) is 0 Å². The first-order chi connectivity index (χ1) is 12.4. The van der Waals surface area contributed by atoms with Crippen LogP contribution in [0, 0.1) is 12.7 Å². The lowest BCUT2D eigenvalue weighted by Crippen LogP contribution is -2.26. The van der Waals surface area contributed by atoms with E-state index in [0.29, 0.717) is 17.0 Å². The van der Waals surface area contributed by atoms with Crippen molar-refractivity contribution in [3.05, 3.63) is 69.9 Å². The summed E-state index contributed by atoms with van der Waals surface area (Å²) in [4.78, 5) is 5.47. The molecule has 0 spiro atoms. The minimum absolute atomic E-state index is 0.0585. The second-order valence-electron chi connectivity index (χ2n) is 5.62. The average molecular weight is 411 g/mol. The van der Waals surface area contributed by atoms with Crippen LogP contribution in [0.2, 0.25) is 5.02 Å². The Hall–Kier alpha value is -1.80. The number of aromatic nitrogens is 1. The molecule has 3 rings (SSSR count). The van der Waals surface area contributed by atoms with Crippen molar-refractivity contribution < 1.29 is 12.8 Å². The van der Waals surface area contributed by atoms with Gasteiger partial charge in [-0.05, 0) is 37.6 Å². The Morgan fingerprint density at radius 2 is 1.96 bits per heavy atom. The molecular formula is C18H16ClFN2O2S2. The highest BCUT2D eigenvalue weighted by Crippen LogP contribution is 2.28. The van der Waals surface area contributed by atoms with Gasteiger partial charge in [-0.2, -0.15) is 0 Å². The summed E-state index contributed by atoms with van der Waals surface area (Å²) in [5.41, 5.74) is 1.52. The van der Waals surface area contributed by atoms with Gasteiger partial charge in [0.05, 0.1) is 10.7 Å². The van der Waals surface area contributed by atoms with E-state index in [9.17, 15) is 12.8 Å². The van der Waals surface area contributed by atoms with Gasteiger partial charge in [0.15, 0.2) is 0 Å². The maximum atomic E-state index is 13.4. The summed E-state index contributed by atoms with van der Waals surface area (Å²) < 4.78 is 40.6. The second kappa shape index (κ2) is 7.84. The molecule has 8 heteroatoms. The first kappa shape index (κ1) is 19.0. The molecule has 26 heavy (non-hydrogen) atoms. The predicted molar refractivity (Wildman–Crippen MR) is 103 cm³/mol. The van der Waals surface area contributed by atoms with Crippen LogP contribution < -0.4 is 4.72 Å². The summed E-state index contributed by atoms with van der Waals surface area (Å²) in [5, 5.41) is 0.897. The van der Waals surface area contributed by atoms with Gasteiger partial charge in [-0.25, -0.2) is 22.5 Å². The first-order valence-corrected chi connectivity index (χ1v) is 10.5. The van der Waals surface area contributed by atoms with E-state index in [0.717, 1.165) is 10.6 Å². The molecule has 0 fully saturated rings. The smallest absolute Gasteiger partial charge is 0.241 e. The lowest BCUT2D eigenvalue weighted by molar-refractivity contribution is 0.582. The van der Waals surface area contributed by atoms with Crippen molar-refractivity contribution in [3.63, 3.8) is 0 Å². The van der Waals surface area contributed by atoms with E-state index in [2.05, 4.69) is 9.71 Å². The molecule has 0 aliphatic carbocycles. The van der Waals surface area contributed by atoms with Gasteiger partial charge in [0.2, 0.25) is 10.0 Å². The molecule has 136 valence electrons. The molecule has 0 aliphatic rings. The summed E-state index contributed by atoms with van der Waals surface area (Å²) >= 11 is 7.39. The van der Waals surface area contributed by atoms with E-state index in [1.807, 2.05) is 6.92 Å². The van der Waals surface area contributed by atoms with Crippen LogP contribution in [0.3, 0.4) is 0 Å². The molecule has 0 radical (unpaired) electrons. The van der Waals surface area contributed by atoms with Crippen LogP contribution in [-0.4, -0.2) is 19.9 Å². The Morgan fingerprint density at radius 3 is 2.69 bits per heavy atom. The zero-order chi connectivity index (χ0) is 18.7. The zero-order valence-corrected chi connectivity index (χ0v) is 16.3. The van der Waals surface area contributed by atoms with Crippen molar-refractivity contribution in [2.24, 2.45) is 0 Å². The molecule has 0 saturated carbocycles. The summed E-state index contributed by atoms with van der Waals surface area (Å²) in [6, 6.07) is 12.6. The monoisotopic (exact) mass is 410 g/mol. The fourth-order valence-electron chi connectivity index (χ4n) is 2.44. The summed E-state index contributed by atoms with van der Waals surface area (Å²) in [6.45, 7) is 2.08. The van der Waals surface area contributed by atoms with Crippen LogP contribution >= 0.6 is 22.9 Å². The predicted octanol–water partition coefficient (Wildman–Crippen LogP) is 4.43. The Kier molecular flexibility index (Phi) is 5.72. The lowest BCUT2D eigenvalue weighted by Gasteiger charge is -2.07. The van der Waals surface area contributed by atoms with E-state index in [1.165, 1.54) is 35.6 Å². The molecule has 0 aliphatic heterocycles. The second-order valence-corrected chi connectivity index (χ2v) is 8.84. The highest BCUT2D eigenvalue weighted by Gasteiger charge is 2.17. The maximum Gasteiger partial charge on any atom is 0.242 e. The Bertz CT molecular complexity index is 1040. The molecule has 3 aromatic rings. The van der Waals surface area contributed by atoms with Gasteiger partial charge in [-0.15, -0.1) is 11.3 Å². The average Bonchev–Trinajstić information content (AvgIpc) is 2.96. The zero-order valence-electron chi connectivity index (χ0n) is 13.9. The number of hydrogen-bond acceptors (Lipinski definition) is 4. The minimum Gasteiger partial charge on any atom is -0.241 e. The fourth-order valence-corrected chi connectivity index (χ4v) is 5.05. The molecule has 4 nitrogen and oxygen atoms in total. The normalized spacial score (nSPS) is 11.7. The quantitative estimate of drug-likeness (QED) is 0.653. The maximum absolute atomic E-state index is 13.4. The van der Waals surface area contributed by atoms with Crippen molar-refractivity contribution in [1.82, 2.24) is 9.71 Å². The van der Waals surface area contributed by atoms with E-state index in [1.54, 1.807) is 24.3 Å². The molecule has 0 unspecified atom stereocenters. The molecule has 1 aromatic heterocycles. The van der Waals surface area contributed by atoms with E-state index in [4.69, 9.17) is 11.6 Å². The minimum atomic E-state index is -3.67. The third-order valence-corrected chi connectivity index (χ3v) is 6.96. The highest BCUT2D eigenvalue weighted by atomic mass is 35.5. The number of nitrogens with zero attached hydrogens (tertiary/aromatic N) is 1. The third kappa shape index (κ3) is 4.29. The number of nitrogens with one attached hydrogen (secondary N) is 1. The molecule has 0 amide bonds. The fraction of sp³-hybridized carbons (Fsp3) is 0.167. The Balaban J connectivity index is 1.70. The van der Waals surface area contributed by atoms with E-state index in [-0.39, 0.29) is 22.3 Å². The van der Waals surface area contributed by atoms with Crippen LogP contribution in [0.25, 0.3) is 10.6 Å². The van der Waals surface area contributed by atoms with Gasteiger partial charge in [0.25, 0.3) is 0 Å². The van der Waals surface area contributed by atoms with Crippen molar-refractivity contribution in [2.45, 2.75) is 18.2 Å². The number of hydrogen-bond donors (Lipinski definition) is 1. The largest absolute Gasteiger partial charge is 0.242 e. The van der Waals surface area contributed by atoms with Gasteiger partial charge >= 0.3 is 0 Å². The van der Waals surface area contributed by atoms with E-state index < -0.39 is 10.0 Å². The number of halogens is 2. The van der Waals surface area contributed by atoms with Gasteiger partial charge < -0.3 is 0 Å². The summed E-state index contributed by atoms with van der Waals surface area (Å²) in [6.07, 6.45) is 0.489. The van der Waals surface area contributed by atoms with Crippen molar-refractivity contribution >= 4 is 33.0 Å². The molecular weight excluding hydrogens is 395 g/mol. The lowest BCUT2D eigenvalue weighted by atomic mass is 10.2. The molecule has 2 aromatic carbocycles. The molecule has 1 heterocycles. The highest BCUT2D eigenvalue weighted by molar-refractivity contribution is 7.89. The van der Waals surface area contributed by atoms with Crippen molar-refractivity contribution in [3.8, 4) is 10.6 Å².